The molecule has 2 amide bonds. The summed E-state index contributed by atoms with van der Waals surface area (Å²) in [6.07, 6.45) is 3.42. The lowest BCUT2D eigenvalue weighted by Crippen LogP contribution is -2.74. The zero-order chi connectivity index (χ0) is 27.8. The van der Waals surface area contributed by atoms with Gasteiger partial charge in [0.1, 0.15) is 22.8 Å². The number of nitrogens with zero attached hydrogens (tertiary/aromatic N) is 4. The number of rotatable bonds is 9. The number of hydrogen-bond acceptors (Lipinski definition) is 10. The van der Waals surface area contributed by atoms with Gasteiger partial charge >= 0.3 is 11.9 Å². The molecule has 1 saturated heterocycles. The standard InChI is InChI=1S/C22H22N6O8S2/c1-22(2,20(33)34)36-26-13(12-9-37-21(23)24-12)16(29)25-14-17(30)28-15(19(31)32)11(10-38(35)18(14)28)8-27-6-4-3-5-7-27/h3-7,9,14,18H,8,10H2,1-2H3,(H4-,23,24,25,29,31,32,33,34)/p+1/b26-13+/t14-,18-,38?/m1/s1. The first-order valence-corrected chi connectivity index (χ1v) is 13.3. The molecular formula is C22H23N6O8S2+. The SMILES string of the molecule is CC(C)(O/N=C(/C(=O)N[C@@H]1C(=O)N2C(C(=O)O)=C(C[n+]3ccccc3)CS(=O)[C@H]12)c1csc(N)n1)C(=O)O. The molecule has 1 unspecified atom stereocenters. The Balaban J connectivity index is 1.60. The number of amides is 2. The molecule has 0 aliphatic carbocycles. The quantitative estimate of drug-likeness (QED) is 0.127. The molecule has 2 aromatic heterocycles. The monoisotopic (exact) mass is 563 g/mol. The molecule has 0 aromatic carbocycles. The van der Waals surface area contributed by atoms with Gasteiger partial charge in [-0.1, -0.05) is 11.2 Å². The lowest BCUT2D eigenvalue weighted by Gasteiger charge is -2.48. The number of fused-ring (bicyclic) bond motifs is 1. The van der Waals surface area contributed by atoms with Gasteiger partial charge in [-0.15, -0.1) is 11.3 Å². The third kappa shape index (κ3) is 5.12. The van der Waals surface area contributed by atoms with Crippen molar-refractivity contribution in [3.8, 4) is 0 Å². The molecule has 4 rings (SSSR count). The number of carbonyl (C=O) groups excluding carboxylic acids is 2. The van der Waals surface area contributed by atoms with Crippen LogP contribution < -0.4 is 15.6 Å². The second-order valence-corrected chi connectivity index (χ2v) is 11.2. The van der Waals surface area contributed by atoms with E-state index in [9.17, 15) is 33.6 Å². The van der Waals surface area contributed by atoms with Crippen LogP contribution in [-0.4, -0.2) is 76.5 Å². The zero-order valence-corrected chi connectivity index (χ0v) is 21.7. The van der Waals surface area contributed by atoms with E-state index < -0.39 is 57.3 Å². The number of nitrogen functional groups attached to an aromatic ring is 1. The molecule has 4 heterocycles. The number of β-lactam (4-membered cyclic amide) rings is 1. The fourth-order valence-corrected chi connectivity index (χ4v) is 5.97. The number of nitrogens with one attached hydrogen (secondary N) is 1. The molecular weight excluding hydrogens is 540 g/mol. The summed E-state index contributed by atoms with van der Waals surface area (Å²) >= 11 is 0.989. The third-order valence-corrected chi connectivity index (χ3v) is 8.03. The predicted octanol–water partition coefficient (Wildman–Crippen LogP) is -0.949. The van der Waals surface area contributed by atoms with Gasteiger partial charge in [-0.05, 0) is 13.8 Å². The smallest absolute Gasteiger partial charge is 0.352 e. The largest absolute Gasteiger partial charge is 0.478 e. The summed E-state index contributed by atoms with van der Waals surface area (Å²) < 4.78 is 14.8. The van der Waals surface area contributed by atoms with Gasteiger partial charge in [0, 0.05) is 23.1 Å². The van der Waals surface area contributed by atoms with Crippen LogP contribution in [0.2, 0.25) is 0 Å². The predicted molar refractivity (Wildman–Crippen MR) is 133 cm³/mol. The van der Waals surface area contributed by atoms with Crippen LogP contribution in [0.5, 0.6) is 0 Å². The molecule has 0 spiro atoms. The number of thiazole rings is 1. The van der Waals surface area contributed by atoms with Crippen LogP contribution in [0.25, 0.3) is 0 Å². The van der Waals surface area contributed by atoms with Crippen molar-refractivity contribution in [3.05, 3.63) is 52.9 Å². The Bertz CT molecular complexity index is 1400. The van der Waals surface area contributed by atoms with E-state index in [2.05, 4.69) is 15.5 Å². The molecule has 200 valence electrons. The van der Waals surface area contributed by atoms with Crippen molar-refractivity contribution in [3.63, 3.8) is 0 Å². The number of anilines is 1. The van der Waals surface area contributed by atoms with Crippen molar-refractivity contribution < 1.29 is 43.0 Å². The van der Waals surface area contributed by atoms with E-state index in [0.29, 0.717) is 5.57 Å². The maximum absolute atomic E-state index is 13.1. The molecule has 16 heteroatoms. The van der Waals surface area contributed by atoms with Crippen LogP contribution in [0.15, 0.2) is 52.4 Å². The zero-order valence-electron chi connectivity index (χ0n) is 20.1. The van der Waals surface area contributed by atoms with Gasteiger partial charge < -0.3 is 26.1 Å². The minimum Gasteiger partial charge on any atom is -0.478 e. The third-order valence-electron chi connectivity index (χ3n) is 5.70. The van der Waals surface area contributed by atoms with Gasteiger partial charge in [0.2, 0.25) is 5.60 Å². The van der Waals surface area contributed by atoms with Crippen molar-refractivity contribution in [2.24, 2.45) is 5.16 Å². The summed E-state index contributed by atoms with van der Waals surface area (Å²) in [5, 5.41) is 25.6. The molecule has 0 bridgehead atoms. The van der Waals surface area contributed by atoms with Gasteiger partial charge in [-0.2, -0.15) is 0 Å². The van der Waals surface area contributed by atoms with E-state index in [1.54, 1.807) is 35.2 Å². The van der Waals surface area contributed by atoms with E-state index in [4.69, 9.17) is 10.6 Å². The van der Waals surface area contributed by atoms with Crippen LogP contribution in [0.1, 0.15) is 19.5 Å². The Morgan fingerprint density at radius 2 is 2.00 bits per heavy atom. The molecule has 2 aromatic rings. The summed E-state index contributed by atoms with van der Waals surface area (Å²) in [4.78, 5) is 59.6. The second-order valence-electron chi connectivity index (χ2n) is 8.80. The Hall–Kier alpha value is -4.18. The lowest BCUT2D eigenvalue weighted by atomic mass is 10.0. The Kier molecular flexibility index (Phi) is 7.28. The van der Waals surface area contributed by atoms with E-state index >= 15 is 0 Å². The maximum Gasteiger partial charge on any atom is 0.352 e. The number of carboxylic acids is 2. The van der Waals surface area contributed by atoms with E-state index in [1.807, 2.05) is 0 Å². The number of carboxylic acid groups (broad SMARTS) is 2. The summed E-state index contributed by atoms with van der Waals surface area (Å²) in [7, 11) is -1.74. The highest BCUT2D eigenvalue weighted by Crippen LogP contribution is 2.35. The van der Waals surface area contributed by atoms with Gasteiger partial charge in [0.05, 0.1) is 16.6 Å². The molecule has 1 fully saturated rings. The maximum atomic E-state index is 13.1. The van der Waals surface area contributed by atoms with Gasteiger partial charge in [0.15, 0.2) is 29.8 Å². The number of aromatic nitrogens is 2. The Morgan fingerprint density at radius 3 is 2.58 bits per heavy atom. The van der Waals surface area contributed by atoms with Crippen LogP contribution in [0, 0.1) is 0 Å². The first-order chi connectivity index (χ1) is 17.9. The molecule has 3 atom stereocenters. The molecule has 5 N–H and O–H groups in total. The number of hydrogen-bond donors (Lipinski definition) is 4. The first kappa shape index (κ1) is 26.9. The summed E-state index contributed by atoms with van der Waals surface area (Å²) in [5.41, 5.74) is 3.37. The minimum atomic E-state index is -1.80. The fourth-order valence-electron chi connectivity index (χ4n) is 3.74. The van der Waals surface area contributed by atoms with Crippen molar-refractivity contribution in [2.75, 3.05) is 11.5 Å². The van der Waals surface area contributed by atoms with Crippen molar-refractivity contribution in [2.45, 2.75) is 37.4 Å². The highest BCUT2D eigenvalue weighted by atomic mass is 32.2. The lowest BCUT2D eigenvalue weighted by molar-refractivity contribution is -0.689. The van der Waals surface area contributed by atoms with Crippen molar-refractivity contribution >= 4 is 56.7 Å². The van der Waals surface area contributed by atoms with Crippen molar-refractivity contribution in [1.29, 1.82) is 0 Å². The average Bonchev–Trinajstić information content (AvgIpc) is 3.28. The summed E-state index contributed by atoms with van der Waals surface area (Å²) in [6.45, 7) is 2.54. The Labute approximate surface area is 221 Å². The Morgan fingerprint density at radius 1 is 1.32 bits per heavy atom. The van der Waals surface area contributed by atoms with Crippen molar-refractivity contribution in [1.82, 2.24) is 15.2 Å². The molecule has 0 saturated carbocycles. The summed E-state index contributed by atoms with van der Waals surface area (Å²) in [5.74, 6) is -4.57. The average molecular weight is 564 g/mol. The highest BCUT2D eigenvalue weighted by molar-refractivity contribution is 7.86. The summed E-state index contributed by atoms with van der Waals surface area (Å²) in [6, 6.07) is 3.97. The number of nitrogens with two attached hydrogens (primary N) is 1. The van der Waals surface area contributed by atoms with Gasteiger partial charge in [0.25, 0.3) is 11.8 Å². The van der Waals surface area contributed by atoms with Crippen LogP contribution in [0.3, 0.4) is 0 Å². The molecule has 38 heavy (non-hydrogen) atoms. The van der Waals surface area contributed by atoms with Gasteiger partial charge in [-0.25, -0.2) is 19.1 Å². The second kappa shape index (κ2) is 10.3. The van der Waals surface area contributed by atoms with Crippen LogP contribution in [0.4, 0.5) is 5.13 Å². The minimum absolute atomic E-state index is 0.0344. The number of aliphatic carboxylic acids is 2. The van der Waals surface area contributed by atoms with E-state index in [1.165, 1.54) is 19.2 Å². The molecule has 14 nitrogen and oxygen atoms in total. The van der Waals surface area contributed by atoms with E-state index in [0.717, 1.165) is 16.2 Å². The van der Waals surface area contributed by atoms with Crippen LogP contribution in [-0.2, 0) is 41.4 Å². The molecule has 2 aliphatic rings. The van der Waals surface area contributed by atoms with Crippen LogP contribution >= 0.6 is 11.3 Å². The highest BCUT2D eigenvalue weighted by Gasteiger charge is 2.57. The number of pyridine rings is 1. The van der Waals surface area contributed by atoms with Gasteiger partial charge in [-0.3, -0.25) is 18.7 Å². The number of oxime groups is 1. The number of carbonyl (C=O) groups is 4. The topological polar surface area (TPSA) is 205 Å². The first-order valence-electron chi connectivity index (χ1n) is 11.0. The fraction of sp³-hybridized carbons (Fsp3) is 0.318. The van der Waals surface area contributed by atoms with E-state index in [-0.39, 0.29) is 28.8 Å². The normalized spacial score (nSPS) is 21.4. The molecule has 2 aliphatic heterocycles. The molecule has 0 radical (unpaired) electrons.